The van der Waals surface area contributed by atoms with Crippen molar-refractivity contribution in [3.8, 4) is 5.75 Å². The Kier molecular flexibility index (Phi) is 9.26. The van der Waals surface area contributed by atoms with E-state index in [0.717, 1.165) is 53.7 Å². The van der Waals surface area contributed by atoms with E-state index in [4.69, 9.17) is 14.2 Å². The lowest BCUT2D eigenvalue weighted by molar-refractivity contribution is -0.125. The van der Waals surface area contributed by atoms with Gasteiger partial charge in [-0.25, -0.2) is 0 Å². The maximum atomic E-state index is 12.8. The second kappa shape index (κ2) is 11.4. The molecular formula is C23H31BrO4. The lowest BCUT2D eigenvalue weighted by atomic mass is 9.70. The fourth-order valence-corrected chi connectivity index (χ4v) is 4.15. The molecule has 1 unspecified atom stereocenters. The largest absolute Gasteiger partial charge is 0.498 e. The summed E-state index contributed by atoms with van der Waals surface area (Å²) in [6, 6.07) is 7.90. The number of hydrogen-bond donors (Lipinski definition) is 0. The number of ether oxygens (including phenoxy) is 3. The molecule has 0 spiro atoms. The Hall–Kier alpha value is -1.59. The summed E-state index contributed by atoms with van der Waals surface area (Å²) >= 11 is 3.46. The van der Waals surface area contributed by atoms with Crippen LogP contribution in [0.5, 0.6) is 5.75 Å². The summed E-state index contributed by atoms with van der Waals surface area (Å²) in [6.07, 6.45) is 6.73. The first kappa shape index (κ1) is 22.7. The highest BCUT2D eigenvalue weighted by atomic mass is 79.9. The minimum atomic E-state index is -0.364. The molecule has 1 aromatic rings. The zero-order valence-corrected chi connectivity index (χ0v) is 18.6. The van der Waals surface area contributed by atoms with E-state index in [0.29, 0.717) is 26.2 Å². The topological polar surface area (TPSA) is 44.8 Å². The molecule has 4 nitrogen and oxygen atoms in total. The van der Waals surface area contributed by atoms with E-state index >= 15 is 0 Å². The molecule has 0 aromatic heterocycles. The van der Waals surface area contributed by atoms with Gasteiger partial charge >= 0.3 is 0 Å². The number of carbonyl (C=O) groups is 1. The lowest BCUT2D eigenvalue weighted by Crippen LogP contribution is -2.33. The van der Waals surface area contributed by atoms with Gasteiger partial charge in [0.05, 0.1) is 26.1 Å². The molecule has 1 atom stereocenters. The van der Waals surface area contributed by atoms with Gasteiger partial charge < -0.3 is 14.2 Å². The van der Waals surface area contributed by atoms with Crippen molar-refractivity contribution in [2.24, 2.45) is 5.41 Å². The molecule has 154 valence electrons. The molecule has 0 radical (unpaired) electrons. The Morgan fingerprint density at radius 3 is 2.61 bits per heavy atom. The Morgan fingerprint density at radius 2 is 2.00 bits per heavy atom. The monoisotopic (exact) mass is 450 g/mol. The van der Waals surface area contributed by atoms with Crippen LogP contribution in [0, 0.1) is 5.41 Å². The summed E-state index contributed by atoms with van der Waals surface area (Å²) in [6.45, 7) is 7.79. The predicted octanol–water partition coefficient (Wildman–Crippen LogP) is 5.95. The Morgan fingerprint density at radius 1 is 1.25 bits per heavy atom. The molecule has 0 aliphatic heterocycles. The van der Waals surface area contributed by atoms with Crippen molar-refractivity contribution in [1.29, 1.82) is 0 Å². The van der Waals surface area contributed by atoms with Gasteiger partial charge in [-0.05, 0) is 54.8 Å². The Bertz CT molecular complexity index is 680. The molecule has 0 fully saturated rings. The fraction of sp³-hybridized carbons (Fsp3) is 0.522. The summed E-state index contributed by atoms with van der Waals surface area (Å²) in [5, 5.41) is 0. The molecule has 1 aromatic carbocycles. The number of halogens is 1. The van der Waals surface area contributed by atoms with Crippen molar-refractivity contribution >= 4 is 21.7 Å². The minimum Gasteiger partial charge on any atom is -0.498 e. The summed E-state index contributed by atoms with van der Waals surface area (Å²) in [5.74, 6) is 1.83. The third kappa shape index (κ3) is 6.78. The highest BCUT2D eigenvalue weighted by Crippen LogP contribution is 2.43. The van der Waals surface area contributed by atoms with Crippen LogP contribution in [0.4, 0.5) is 0 Å². The zero-order valence-electron chi connectivity index (χ0n) is 17.0. The van der Waals surface area contributed by atoms with Gasteiger partial charge in [0.25, 0.3) is 0 Å². The lowest BCUT2D eigenvalue weighted by Gasteiger charge is -2.35. The van der Waals surface area contributed by atoms with Crippen molar-refractivity contribution in [2.45, 2.75) is 52.1 Å². The molecular weight excluding hydrogens is 420 g/mol. The second-order valence-electron chi connectivity index (χ2n) is 7.24. The molecule has 0 bridgehead atoms. The molecule has 0 saturated carbocycles. The zero-order chi connectivity index (χ0) is 20.4. The summed E-state index contributed by atoms with van der Waals surface area (Å²) < 4.78 is 17.4. The van der Waals surface area contributed by atoms with Gasteiger partial charge in [0.15, 0.2) is 5.78 Å². The SMILES string of the molecule is C=C(Br)CC1(CCCCOCc2ccc(OC)cc2)CCC(OCC)=CC1=O. The van der Waals surface area contributed by atoms with Gasteiger partial charge in [-0.3, -0.25) is 4.79 Å². The van der Waals surface area contributed by atoms with Crippen LogP contribution in [0.3, 0.4) is 0 Å². The van der Waals surface area contributed by atoms with E-state index in [9.17, 15) is 4.79 Å². The number of rotatable bonds is 12. The summed E-state index contributed by atoms with van der Waals surface area (Å²) in [4.78, 5) is 12.8. The van der Waals surface area contributed by atoms with Crippen molar-refractivity contribution in [2.75, 3.05) is 20.3 Å². The first-order valence-electron chi connectivity index (χ1n) is 9.91. The first-order valence-corrected chi connectivity index (χ1v) is 10.7. The van der Waals surface area contributed by atoms with Crippen molar-refractivity contribution in [3.63, 3.8) is 0 Å². The van der Waals surface area contributed by atoms with Gasteiger partial charge in [-0.15, -0.1) is 0 Å². The van der Waals surface area contributed by atoms with Crippen LogP contribution in [0.2, 0.25) is 0 Å². The maximum absolute atomic E-state index is 12.8. The Balaban J connectivity index is 1.79. The standard InChI is InChI=1S/C23H31BrO4/c1-4-28-21-11-13-23(16-18(2)24,22(25)15-21)12-5-6-14-27-17-19-7-9-20(26-3)10-8-19/h7-10,15H,2,4-6,11-14,16-17H2,1,3H3. The Labute approximate surface area is 177 Å². The number of methoxy groups -OCH3 is 1. The molecule has 0 saturated heterocycles. The maximum Gasteiger partial charge on any atom is 0.165 e. The quantitative estimate of drug-likeness (QED) is 0.369. The average Bonchev–Trinajstić information content (AvgIpc) is 2.67. The van der Waals surface area contributed by atoms with Crippen LogP contribution in [-0.4, -0.2) is 26.1 Å². The van der Waals surface area contributed by atoms with E-state index in [1.165, 1.54) is 0 Å². The van der Waals surface area contributed by atoms with Crippen molar-refractivity contribution < 1.29 is 19.0 Å². The second-order valence-corrected chi connectivity index (χ2v) is 8.36. The van der Waals surface area contributed by atoms with Gasteiger partial charge in [0.1, 0.15) is 5.75 Å². The number of unbranched alkanes of at least 4 members (excludes halogenated alkanes) is 1. The number of carbonyl (C=O) groups excluding carboxylic acids is 1. The van der Waals surface area contributed by atoms with Crippen molar-refractivity contribution in [1.82, 2.24) is 0 Å². The van der Waals surface area contributed by atoms with E-state index in [1.807, 2.05) is 31.2 Å². The van der Waals surface area contributed by atoms with E-state index in [2.05, 4.69) is 22.5 Å². The fourth-order valence-electron chi connectivity index (χ4n) is 3.61. The van der Waals surface area contributed by atoms with E-state index in [1.54, 1.807) is 13.2 Å². The number of hydrogen-bond acceptors (Lipinski definition) is 4. The van der Waals surface area contributed by atoms with Crippen LogP contribution in [0.25, 0.3) is 0 Å². The predicted molar refractivity (Wildman–Crippen MR) is 116 cm³/mol. The molecule has 28 heavy (non-hydrogen) atoms. The smallest absolute Gasteiger partial charge is 0.165 e. The van der Waals surface area contributed by atoms with Gasteiger partial charge in [0.2, 0.25) is 0 Å². The summed E-state index contributed by atoms with van der Waals surface area (Å²) in [5.41, 5.74) is 0.765. The molecule has 1 aliphatic rings. The molecule has 0 N–H and O–H groups in total. The highest BCUT2D eigenvalue weighted by molar-refractivity contribution is 9.11. The first-order chi connectivity index (χ1) is 13.5. The van der Waals surface area contributed by atoms with Crippen LogP contribution >= 0.6 is 15.9 Å². The normalized spacial score (nSPS) is 19.2. The van der Waals surface area contributed by atoms with Crippen LogP contribution < -0.4 is 4.74 Å². The van der Waals surface area contributed by atoms with Gasteiger partial charge in [0, 0.05) is 24.5 Å². The molecule has 5 heteroatoms. The third-order valence-electron chi connectivity index (χ3n) is 5.15. The molecule has 0 heterocycles. The average molecular weight is 451 g/mol. The van der Waals surface area contributed by atoms with E-state index < -0.39 is 0 Å². The van der Waals surface area contributed by atoms with Crippen LogP contribution in [-0.2, 0) is 20.9 Å². The van der Waals surface area contributed by atoms with Crippen LogP contribution in [0.1, 0.15) is 51.0 Å². The summed E-state index contributed by atoms with van der Waals surface area (Å²) in [7, 11) is 1.66. The van der Waals surface area contributed by atoms with Crippen LogP contribution in [0.15, 0.2) is 47.2 Å². The number of ketones is 1. The molecule has 0 amide bonds. The third-order valence-corrected chi connectivity index (χ3v) is 5.43. The number of benzene rings is 1. The molecule has 1 aliphatic carbocycles. The van der Waals surface area contributed by atoms with E-state index in [-0.39, 0.29) is 11.2 Å². The van der Waals surface area contributed by atoms with Gasteiger partial charge in [-0.2, -0.15) is 0 Å². The van der Waals surface area contributed by atoms with Crippen molar-refractivity contribution in [3.05, 3.63) is 52.7 Å². The van der Waals surface area contributed by atoms with Gasteiger partial charge in [-0.1, -0.05) is 41.1 Å². The molecule has 2 rings (SSSR count). The number of allylic oxidation sites excluding steroid dienone is 3. The minimum absolute atomic E-state index is 0.168. The highest BCUT2D eigenvalue weighted by Gasteiger charge is 2.39.